The predicted octanol–water partition coefficient (Wildman–Crippen LogP) is 6.00. The topological polar surface area (TPSA) is 80.3 Å². The van der Waals surface area contributed by atoms with Crippen molar-refractivity contribution in [3.63, 3.8) is 0 Å². The zero-order valence-electron chi connectivity index (χ0n) is 24.5. The van der Waals surface area contributed by atoms with Crippen molar-refractivity contribution in [1.82, 2.24) is 0 Å². The van der Waals surface area contributed by atoms with E-state index in [1.807, 2.05) is 75.4 Å². The summed E-state index contributed by atoms with van der Waals surface area (Å²) in [5, 5.41) is 0. The van der Waals surface area contributed by atoms with Crippen molar-refractivity contribution in [2.45, 2.75) is 54.9 Å². The molecule has 2 saturated heterocycles. The van der Waals surface area contributed by atoms with Gasteiger partial charge >= 0.3 is 0 Å². The van der Waals surface area contributed by atoms with Crippen LogP contribution in [0.25, 0.3) is 0 Å². The quantitative estimate of drug-likeness (QED) is 0.163. The van der Waals surface area contributed by atoms with Gasteiger partial charge in [-0.2, -0.15) is 8.42 Å². The first-order chi connectivity index (χ1) is 20.6. The van der Waals surface area contributed by atoms with E-state index >= 15 is 0 Å². The second-order valence-corrected chi connectivity index (χ2v) is 13.2. The highest BCUT2D eigenvalue weighted by molar-refractivity contribution is 7.86. The average molecular weight is 601 g/mol. The molecule has 2 aliphatic heterocycles. The number of aryl methyl sites for hydroxylation is 1. The summed E-state index contributed by atoms with van der Waals surface area (Å²) >= 11 is 0. The number of rotatable bonds is 10. The lowest BCUT2D eigenvalue weighted by Gasteiger charge is -2.37. The van der Waals surface area contributed by atoms with Crippen LogP contribution in [0.2, 0.25) is 0 Å². The Morgan fingerprint density at radius 1 is 0.791 bits per heavy atom. The Bertz CT molecular complexity index is 1530. The highest BCUT2D eigenvalue weighted by Crippen LogP contribution is 2.46. The monoisotopic (exact) mass is 600 g/mol. The summed E-state index contributed by atoms with van der Waals surface area (Å²) in [5.41, 5.74) is 1.77. The van der Waals surface area contributed by atoms with Gasteiger partial charge in [0.15, 0.2) is 5.79 Å². The van der Waals surface area contributed by atoms with E-state index in [1.165, 1.54) is 12.1 Å². The SMILES string of the molecule is Cc1ccc(S(=O)(=O)OC[C@]23CO[C@H](COC(c4ccccc4)(c4ccccc4)c4ccccc4)[C@H]2OC(C)(C)O3)cc1. The Hall–Kier alpha value is -3.37. The summed E-state index contributed by atoms with van der Waals surface area (Å²) < 4.78 is 57.7. The van der Waals surface area contributed by atoms with E-state index in [4.69, 9.17) is 23.1 Å². The zero-order valence-corrected chi connectivity index (χ0v) is 25.3. The Balaban J connectivity index is 1.30. The third-order valence-electron chi connectivity index (χ3n) is 8.03. The van der Waals surface area contributed by atoms with Crippen molar-refractivity contribution < 1.29 is 31.5 Å². The molecule has 2 fully saturated rings. The first-order valence-corrected chi connectivity index (χ1v) is 15.8. The fraction of sp³-hybridized carbons (Fsp3) is 0.314. The van der Waals surface area contributed by atoms with Crippen LogP contribution in [-0.2, 0) is 38.8 Å². The van der Waals surface area contributed by atoms with Crippen LogP contribution < -0.4 is 0 Å². The molecule has 6 rings (SSSR count). The van der Waals surface area contributed by atoms with E-state index in [1.54, 1.807) is 12.1 Å². The molecule has 0 aliphatic carbocycles. The first kappa shape index (κ1) is 29.7. The highest BCUT2D eigenvalue weighted by atomic mass is 32.2. The number of hydrogen-bond acceptors (Lipinski definition) is 7. The normalized spacial score (nSPS) is 23.2. The Morgan fingerprint density at radius 2 is 1.30 bits per heavy atom. The van der Waals surface area contributed by atoms with Gasteiger partial charge in [-0.25, -0.2) is 0 Å². The molecule has 0 saturated carbocycles. The van der Waals surface area contributed by atoms with Gasteiger partial charge in [0.2, 0.25) is 0 Å². The third kappa shape index (κ3) is 5.79. The molecule has 4 aromatic rings. The lowest BCUT2D eigenvalue weighted by atomic mass is 9.80. The van der Waals surface area contributed by atoms with Crippen LogP contribution >= 0.6 is 0 Å². The van der Waals surface area contributed by atoms with Crippen molar-refractivity contribution in [3.05, 3.63) is 138 Å². The zero-order chi connectivity index (χ0) is 30.1. The van der Waals surface area contributed by atoms with Crippen LogP contribution in [0.5, 0.6) is 0 Å². The van der Waals surface area contributed by atoms with Crippen LogP contribution in [0, 0.1) is 6.92 Å². The average Bonchev–Trinajstić information content (AvgIpc) is 3.48. The Kier molecular flexibility index (Phi) is 8.02. The fourth-order valence-electron chi connectivity index (χ4n) is 6.06. The van der Waals surface area contributed by atoms with Gasteiger partial charge in [0.05, 0.1) is 18.1 Å². The fourth-order valence-corrected chi connectivity index (χ4v) is 7.02. The lowest BCUT2D eigenvalue weighted by Crippen LogP contribution is -2.47. The van der Waals surface area contributed by atoms with Crippen LogP contribution in [0.3, 0.4) is 0 Å². The van der Waals surface area contributed by atoms with E-state index in [-0.39, 0.29) is 24.7 Å². The van der Waals surface area contributed by atoms with Crippen molar-refractivity contribution in [2.24, 2.45) is 0 Å². The standard InChI is InChI=1S/C35H36O7S/c1-26-19-21-30(22-20-26)43(36,37)40-25-34-24-38-31(32(34)41-33(2,3)42-34)23-39-35(27-13-7-4-8-14-27,28-15-9-5-10-16-28)29-17-11-6-12-18-29/h4-22,31-32H,23-25H2,1-3H3/t31-,32-,34-/m1/s1. The summed E-state index contributed by atoms with van der Waals surface area (Å²) in [6.07, 6.45) is -1.18. The molecule has 8 heteroatoms. The third-order valence-corrected chi connectivity index (χ3v) is 9.31. The smallest absolute Gasteiger partial charge is 0.297 e. The second-order valence-electron chi connectivity index (χ2n) is 11.6. The molecule has 0 bridgehead atoms. The van der Waals surface area contributed by atoms with E-state index in [2.05, 4.69) is 36.4 Å². The molecule has 0 unspecified atom stereocenters. The molecule has 2 heterocycles. The Labute approximate surface area is 253 Å². The first-order valence-electron chi connectivity index (χ1n) is 14.4. The van der Waals surface area contributed by atoms with E-state index in [0.29, 0.717) is 0 Å². The van der Waals surface area contributed by atoms with Gasteiger partial charge in [0.25, 0.3) is 10.1 Å². The molecular formula is C35H36O7S. The molecule has 2 aliphatic rings. The van der Waals surface area contributed by atoms with Gasteiger partial charge in [-0.3, -0.25) is 4.18 Å². The maximum absolute atomic E-state index is 13.1. The van der Waals surface area contributed by atoms with E-state index in [9.17, 15) is 8.42 Å². The molecule has 3 atom stereocenters. The summed E-state index contributed by atoms with van der Waals surface area (Å²) in [7, 11) is -4.03. The molecule has 224 valence electrons. The van der Waals surface area contributed by atoms with Crippen molar-refractivity contribution >= 4 is 10.1 Å². The Morgan fingerprint density at radius 3 is 1.81 bits per heavy atom. The molecule has 0 aromatic heterocycles. The molecular weight excluding hydrogens is 564 g/mol. The summed E-state index contributed by atoms with van der Waals surface area (Å²) in [5.74, 6) is -0.973. The minimum absolute atomic E-state index is 0.0846. The van der Waals surface area contributed by atoms with Gasteiger partial charge in [-0.15, -0.1) is 0 Å². The summed E-state index contributed by atoms with van der Waals surface area (Å²) in [6, 6.07) is 36.8. The molecule has 0 spiro atoms. The van der Waals surface area contributed by atoms with Crippen molar-refractivity contribution in [3.8, 4) is 0 Å². The van der Waals surface area contributed by atoms with Gasteiger partial charge in [0.1, 0.15) is 30.0 Å². The van der Waals surface area contributed by atoms with Gasteiger partial charge in [-0.05, 0) is 49.6 Å². The minimum Gasteiger partial charge on any atom is -0.370 e. The maximum Gasteiger partial charge on any atom is 0.297 e. The van der Waals surface area contributed by atoms with Crippen molar-refractivity contribution in [2.75, 3.05) is 19.8 Å². The molecule has 0 radical (unpaired) electrons. The summed E-state index contributed by atoms with van der Waals surface area (Å²) in [6.45, 7) is 5.49. The number of benzene rings is 4. The second kappa shape index (κ2) is 11.6. The molecule has 0 amide bonds. The maximum atomic E-state index is 13.1. The molecule has 7 nitrogen and oxygen atoms in total. The van der Waals surface area contributed by atoms with Crippen LogP contribution in [0.1, 0.15) is 36.1 Å². The van der Waals surface area contributed by atoms with E-state index < -0.39 is 39.3 Å². The lowest BCUT2D eigenvalue weighted by molar-refractivity contribution is -0.198. The van der Waals surface area contributed by atoms with Gasteiger partial charge in [-0.1, -0.05) is 109 Å². The summed E-state index contributed by atoms with van der Waals surface area (Å²) in [4.78, 5) is 0.0846. The van der Waals surface area contributed by atoms with E-state index in [0.717, 1.165) is 22.3 Å². The number of fused-ring (bicyclic) bond motifs is 1. The largest absolute Gasteiger partial charge is 0.370 e. The highest BCUT2D eigenvalue weighted by Gasteiger charge is 2.62. The number of hydrogen-bond donors (Lipinski definition) is 0. The predicted molar refractivity (Wildman–Crippen MR) is 162 cm³/mol. The van der Waals surface area contributed by atoms with Crippen LogP contribution in [0.4, 0.5) is 0 Å². The van der Waals surface area contributed by atoms with Gasteiger partial charge < -0.3 is 18.9 Å². The van der Waals surface area contributed by atoms with Gasteiger partial charge in [0, 0.05) is 0 Å². The molecule has 43 heavy (non-hydrogen) atoms. The molecule has 0 N–H and O–H groups in total. The minimum atomic E-state index is -4.03. The van der Waals surface area contributed by atoms with Crippen LogP contribution in [-0.4, -0.2) is 51.8 Å². The van der Waals surface area contributed by atoms with Crippen molar-refractivity contribution in [1.29, 1.82) is 0 Å². The number of ether oxygens (including phenoxy) is 4. The molecule has 4 aromatic carbocycles. The van der Waals surface area contributed by atoms with Crippen LogP contribution in [0.15, 0.2) is 120 Å².